The Labute approximate surface area is 127 Å². The fourth-order valence-corrected chi connectivity index (χ4v) is 1.88. The number of fused-ring (bicyclic) bond motifs is 1. The van der Waals surface area contributed by atoms with E-state index in [2.05, 4.69) is 9.47 Å². The van der Waals surface area contributed by atoms with E-state index < -0.39 is 24.8 Å². The second-order valence-electron chi connectivity index (χ2n) is 5.51. The van der Waals surface area contributed by atoms with Crippen molar-refractivity contribution >= 4 is 12.6 Å². The largest absolute Gasteiger partial charge is 0.586 e. The number of halogens is 3. The van der Waals surface area contributed by atoms with Crippen molar-refractivity contribution in [3.8, 4) is 11.5 Å². The first kappa shape index (κ1) is 17.0. The lowest BCUT2D eigenvalue weighted by Crippen LogP contribution is -2.45. The van der Waals surface area contributed by atoms with Crippen LogP contribution in [0.25, 0.3) is 0 Å². The highest BCUT2D eigenvalue weighted by molar-refractivity contribution is 6.61. The molecule has 1 aromatic carbocycles. The molecule has 0 fully saturated rings. The Kier molecular flexibility index (Phi) is 4.63. The minimum Gasteiger partial charge on any atom is -0.408 e. The highest BCUT2D eigenvalue weighted by atomic mass is 19.3. The summed E-state index contributed by atoms with van der Waals surface area (Å²) >= 11 is 0. The van der Waals surface area contributed by atoms with Crippen molar-refractivity contribution in [2.24, 2.45) is 0 Å². The summed E-state index contributed by atoms with van der Waals surface area (Å²) < 4.78 is 60.0. The van der Waals surface area contributed by atoms with E-state index >= 15 is 0 Å². The molecule has 0 aromatic heterocycles. The Balaban J connectivity index is 2.33. The van der Waals surface area contributed by atoms with Gasteiger partial charge in [-0.05, 0) is 33.3 Å². The summed E-state index contributed by atoms with van der Waals surface area (Å²) in [6.07, 6.45) is -3.13. The van der Waals surface area contributed by atoms with E-state index in [0.29, 0.717) is 6.42 Å². The average Bonchev–Trinajstić information content (AvgIpc) is 2.70. The lowest BCUT2D eigenvalue weighted by Gasteiger charge is -2.28. The summed E-state index contributed by atoms with van der Waals surface area (Å²) in [7, 11) is -1.02. The molecule has 0 aliphatic carbocycles. The van der Waals surface area contributed by atoms with Crippen LogP contribution in [0.3, 0.4) is 0 Å². The van der Waals surface area contributed by atoms with Gasteiger partial charge in [0, 0.05) is 23.7 Å². The number of ether oxygens (including phenoxy) is 2. The molecule has 0 N–H and O–H groups in total. The van der Waals surface area contributed by atoms with Crippen LogP contribution in [0.5, 0.6) is 11.5 Å². The minimum absolute atomic E-state index is 0.0107. The summed E-state index contributed by atoms with van der Waals surface area (Å²) in [4.78, 5) is 0. The van der Waals surface area contributed by atoms with Crippen LogP contribution in [0.1, 0.15) is 34.1 Å². The van der Waals surface area contributed by atoms with E-state index in [4.69, 9.17) is 9.31 Å². The average molecular weight is 318 g/mol. The third kappa shape index (κ3) is 3.67. The molecular weight excluding hydrogens is 300 g/mol. The second kappa shape index (κ2) is 6.00. The van der Waals surface area contributed by atoms with Crippen molar-refractivity contribution in [2.75, 3.05) is 6.61 Å². The van der Waals surface area contributed by atoms with Crippen molar-refractivity contribution in [1.82, 2.24) is 0 Å². The third-order valence-electron chi connectivity index (χ3n) is 3.37. The molecule has 2 rings (SSSR count). The molecule has 4 nitrogen and oxygen atoms in total. The quantitative estimate of drug-likeness (QED) is 0.756. The van der Waals surface area contributed by atoms with Crippen molar-refractivity contribution in [1.29, 1.82) is 0 Å². The molecule has 0 saturated heterocycles. The van der Waals surface area contributed by atoms with Crippen molar-refractivity contribution in [3.63, 3.8) is 0 Å². The maximum Gasteiger partial charge on any atom is 0.586 e. The van der Waals surface area contributed by atoms with Crippen LogP contribution in [-0.4, -0.2) is 25.6 Å². The number of alkyl halides is 2. The molecule has 1 heterocycles. The first-order valence-corrected chi connectivity index (χ1v) is 7.06. The van der Waals surface area contributed by atoms with E-state index in [1.165, 1.54) is 0 Å². The van der Waals surface area contributed by atoms with E-state index in [9.17, 15) is 13.2 Å². The Bertz CT molecular complexity index is 551. The fraction of sp³-hybridized carbons (Fsp3) is 0.571. The highest BCUT2D eigenvalue weighted by Gasteiger charge is 2.45. The molecule has 0 saturated carbocycles. The molecule has 0 amide bonds. The fourth-order valence-electron chi connectivity index (χ4n) is 1.88. The minimum atomic E-state index is -3.79. The van der Waals surface area contributed by atoms with Gasteiger partial charge in [0.2, 0.25) is 0 Å². The van der Waals surface area contributed by atoms with E-state index in [-0.39, 0.29) is 23.6 Å². The summed E-state index contributed by atoms with van der Waals surface area (Å²) in [6.45, 7) is 7.58. The molecule has 0 radical (unpaired) electrons. The zero-order valence-electron chi connectivity index (χ0n) is 12.9. The number of benzene rings is 1. The topological polar surface area (TPSA) is 36.9 Å². The number of hydrogen-bond donors (Lipinski definition) is 0. The maximum atomic E-state index is 14.2. The Morgan fingerprint density at radius 3 is 2.32 bits per heavy atom. The molecule has 8 heteroatoms. The van der Waals surface area contributed by atoms with Crippen molar-refractivity contribution in [3.05, 3.63) is 17.9 Å². The summed E-state index contributed by atoms with van der Waals surface area (Å²) in [5, 5.41) is 0. The molecule has 22 heavy (non-hydrogen) atoms. The first-order chi connectivity index (χ1) is 10.2. The lowest BCUT2D eigenvalue weighted by atomic mass is 9.76. The monoisotopic (exact) mass is 318 g/mol. The van der Waals surface area contributed by atoms with Crippen LogP contribution in [0.15, 0.2) is 12.1 Å². The van der Waals surface area contributed by atoms with Gasteiger partial charge < -0.3 is 18.8 Å². The third-order valence-corrected chi connectivity index (χ3v) is 3.37. The molecule has 0 atom stereocenters. The van der Waals surface area contributed by atoms with E-state index in [0.717, 1.165) is 12.1 Å². The van der Waals surface area contributed by atoms with Gasteiger partial charge in [0.15, 0.2) is 11.5 Å². The molecule has 122 valence electrons. The van der Waals surface area contributed by atoms with Gasteiger partial charge in [-0.25, -0.2) is 4.39 Å². The predicted molar refractivity (Wildman–Crippen MR) is 75.1 cm³/mol. The van der Waals surface area contributed by atoms with E-state index in [1.807, 2.05) is 20.8 Å². The van der Waals surface area contributed by atoms with Gasteiger partial charge in [-0.1, -0.05) is 6.92 Å². The Morgan fingerprint density at radius 1 is 1.18 bits per heavy atom. The van der Waals surface area contributed by atoms with Gasteiger partial charge in [-0.15, -0.1) is 8.78 Å². The first-order valence-electron chi connectivity index (χ1n) is 7.06. The molecule has 0 bridgehead atoms. The van der Waals surface area contributed by atoms with Gasteiger partial charge in [0.25, 0.3) is 0 Å². The maximum absolute atomic E-state index is 14.2. The molecule has 0 spiro atoms. The number of hydrogen-bond acceptors (Lipinski definition) is 4. The zero-order chi connectivity index (χ0) is 16.5. The normalized spacial score (nSPS) is 16.0. The Hall–Kier alpha value is -1.41. The second-order valence-corrected chi connectivity index (χ2v) is 5.51. The molecule has 1 aromatic rings. The zero-order valence-corrected chi connectivity index (χ0v) is 12.9. The molecule has 0 unspecified atom stereocenters. The van der Waals surface area contributed by atoms with Crippen LogP contribution in [-0.2, 0) is 9.31 Å². The highest BCUT2D eigenvalue weighted by Crippen LogP contribution is 2.40. The summed E-state index contributed by atoms with van der Waals surface area (Å²) in [6, 6.07) is 1.97. The summed E-state index contributed by atoms with van der Waals surface area (Å²) in [5.41, 5.74) is -0.574. The van der Waals surface area contributed by atoms with Crippen LogP contribution in [0.4, 0.5) is 13.2 Å². The van der Waals surface area contributed by atoms with Gasteiger partial charge in [0.05, 0.1) is 0 Å². The van der Waals surface area contributed by atoms with Gasteiger partial charge in [-0.3, -0.25) is 0 Å². The van der Waals surface area contributed by atoms with Crippen LogP contribution < -0.4 is 14.9 Å². The molecule has 1 aliphatic rings. The standard InChI is InChI=1S/C14H18BF3O4/c1-5-13(3,4)22-15(19-6-2)9-7-11-12(8-10(9)16)21-14(17,18)20-11/h7-8H,5-6H2,1-4H3. The predicted octanol–water partition coefficient (Wildman–Crippen LogP) is 3.08. The van der Waals surface area contributed by atoms with Crippen LogP contribution in [0, 0.1) is 5.82 Å². The van der Waals surface area contributed by atoms with Crippen molar-refractivity contribution in [2.45, 2.75) is 46.0 Å². The SMILES string of the molecule is CCOB(OC(C)(C)CC)c1cc2c(cc1F)OC(F)(F)O2. The van der Waals surface area contributed by atoms with E-state index in [1.54, 1.807) is 6.92 Å². The number of rotatable bonds is 6. The van der Waals surface area contributed by atoms with Gasteiger partial charge in [0.1, 0.15) is 5.82 Å². The van der Waals surface area contributed by atoms with Gasteiger partial charge in [-0.2, -0.15) is 0 Å². The molecule has 1 aliphatic heterocycles. The summed E-state index contributed by atoms with van der Waals surface area (Å²) in [5.74, 6) is -1.36. The van der Waals surface area contributed by atoms with Crippen molar-refractivity contribution < 1.29 is 32.0 Å². The molecular formula is C14H18BF3O4. The van der Waals surface area contributed by atoms with Crippen LogP contribution >= 0.6 is 0 Å². The Morgan fingerprint density at radius 2 is 1.77 bits per heavy atom. The van der Waals surface area contributed by atoms with Gasteiger partial charge >= 0.3 is 13.4 Å². The lowest BCUT2D eigenvalue weighted by molar-refractivity contribution is -0.286. The smallest absolute Gasteiger partial charge is 0.408 e. The van der Waals surface area contributed by atoms with Crippen LogP contribution in [0.2, 0.25) is 0 Å².